The van der Waals surface area contributed by atoms with Crippen LogP contribution in [-0.4, -0.2) is 156 Å². The highest BCUT2D eigenvalue weighted by atomic mass is 32.1. The Kier molecular flexibility index (Phi) is 20.2. The minimum Gasteiger partial charge on any atom is -0.496 e. The molecule has 0 saturated carbocycles. The van der Waals surface area contributed by atoms with Crippen LogP contribution in [0.1, 0.15) is 28.3 Å². The van der Waals surface area contributed by atoms with Crippen molar-refractivity contribution in [1.29, 1.82) is 0 Å². The molecular weight excluding hydrogens is 961 g/mol. The molecule has 0 atom stereocenters. The number of hydrogen-bond acceptors (Lipinski definition) is 17. The zero-order valence-corrected chi connectivity index (χ0v) is 39.7. The molecule has 0 fully saturated rings. The average molecular weight is 1010 g/mol. The summed E-state index contributed by atoms with van der Waals surface area (Å²) in [5, 5.41) is 59.4. The molecule has 72 heavy (non-hydrogen) atoms. The van der Waals surface area contributed by atoms with Crippen molar-refractivity contribution in [3.63, 3.8) is 0 Å². The highest BCUT2D eigenvalue weighted by Crippen LogP contribution is 2.36. The van der Waals surface area contributed by atoms with Crippen LogP contribution in [0.5, 0.6) is 23.0 Å². The van der Waals surface area contributed by atoms with Gasteiger partial charge < -0.3 is 49.6 Å². The summed E-state index contributed by atoms with van der Waals surface area (Å²) in [7, 11) is 2.82. The standard InChI is InChI=1S/C49H50N6O16S/c1-68-42-17-38(70-27-48(64)65)7-9-40(42)31-13-34(51-36(15-31)21-54(23-44(56)57)24-45(58)59)19-53(12-11-30-3-5-33(6-4-30)50-29-72)20-35-14-32(16-37(52-35)22-55(25-46(60)61)26-47(62)63)41-10-8-39(18-43(41)69-2)71-28-49(66)67/h3-10,13-18H,11-12,19-28H2,1-2H3,(H,56,57)(H,58,59)(H,60,61)(H,62,63)(H,64,65)(H,66,67). The van der Waals surface area contributed by atoms with E-state index in [0.717, 1.165) is 5.56 Å². The first-order chi connectivity index (χ1) is 34.4. The molecule has 0 saturated heterocycles. The summed E-state index contributed by atoms with van der Waals surface area (Å²) in [6.45, 7) is -3.53. The van der Waals surface area contributed by atoms with Crippen LogP contribution >= 0.6 is 12.2 Å². The third-order valence-electron chi connectivity index (χ3n) is 10.4. The number of rotatable bonds is 30. The van der Waals surface area contributed by atoms with Crippen LogP contribution in [0.25, 0.3) is 22.3 Å². The average Bonchev–Trinajstić information content (AvgIpc) is 3.31. The molecule has 0 spiro atoms. The minimum absolute atomic E-state index is 0.0957. The van der Waals surface area contributed by atoms with Crippen molar-refractivity contribution < 1.29 is 78.4 Å². The summed E-state index contributed by atoms with van der Waals surface area (Å²) in [5.74, 6) is -6.43. The predicted octanol–water partition coefficient (Wildman–Crippen LogP) is 4.68. The van der Waals surface area contributed by atoms with Gasteiger partial charge in [0.25, 0.3) is 0 Å². The lowest BCUT2D eigenvalue weighted by molar-refractivity contribution is -0.144. The molecule has 23 heteroatoms. The number of carboxylic acid groups (broad SMARTS) is 6. The maximum absolute atomic E-state index is 11.9. The maximum Gasteiger partial charge on any atom is 0.341 e. The third kappa shape index (κ3) is 17.6. The first-order valence-electron chi connectivity index (χ1n) is 21.7. The van der Waals surface area contributed by atoms with Crippen LogP contribution in [0.2, 0.25) is 0 Å². The lowest BCUT2D eigenvalue weighted by Gasteiger charge is -2.25. The number of carbonyl (C=O) groups is 6. The van der Waals surface area contributed by atoms with E-state index in [9.17, 15) is 59.4 Å². The Morgan fingerprint density at radius 1 is 0.528 bits per heavy atom. The van der Waals surface area contributed by atoms with Gasteiger partial charge in [-0.2, -0.15) is 4.99 Å². The van der Waals surface area contributed by atoms with Gasteiger partial charge in [-0.15, -0.1) is 0 Å². The Morgan fingerprint density at radius 3 is 1.24 bits per heavy atom. The molecule has 0 aliphatic heterocycles. The van der Waals surface area contributed by atoms with Gasteiger partial charge in [-0.25, -0.2) is 9.59 Å². The summed E-state index contributed by atoms with van der Waals surface area (Å²) in [5.41, 5.74) is 5.07. The molecule has 0 aliphatic carbocycles. The second-order valence-electron chi connectivity index (χ2n) is 16.0. The molecule has 0 bridgehead atoms. The fraction of sp³-hybridized carbons (Fsp3) is 0.286. The Hall–Kier alpha value is -8.34. The fourth-order valence-corrected chi connectivity index (χ4v) is 7.64. The van der Waals surface area contributed by atoms with Crippen molar-refractivity contribution in [2.75, 3.05) is 60.2 Å². The van der Waals surface area contributed by atoms with Gasteiger partial charge in [0.2, 0.25) is 0 Å². The van der Waals surface area contributed by atoms with E-state index in [-0.39, 0.29) is 49.2 Å². The normalized spacial score (nSPS) is 11.0. The van der Waals surface area contributed by atoms with Crippen LogP contribution in [0.4, 0.5) is 5.69 Å². The van der Waals surface area contributed by atoms with E-state index in [1.807, 2.05) is 17.0 Å². The fourth-order valence-electron chi connectivity index (χ4n) is 7.53. The zero-order chi connectivity index (χ0) is 52.3. The first-order valence-corrected chi connectivity index (χ1v) is 22.1. The Morgan fingerprint density at radius 2 is 0.903 bits per heavy atom. The van der Waals surface area contributed by atoms with E-state index < -0.39 is 75.2 Å². The Bertz CT molecular complexity index is 2630. The van der Waals surface area contributed by atoms with E-state index >= 15 is 0 Å². The lowest BCUT2D eigenvalue weighted by atomic mass is 10.0. The molecule has 0 unspecified atom stereocenters. The zero-order valence-electron chi connectivity index (χ0n) is 38.9. The van der Waals surface area contributed by atoms with Gasteiger partial charge in [0, 0.05) is 56.0 Å². The van der Waals surface area contributed by atoms with Gasteiger partial charge in [-0.05, 0) is 96.0 Å². The molecule has 0 radical (unpaired) electrons. The van der Waals surface area contributed by atoms with Crippen molar-refractivity contribution >= 4 is 58.9 Å². The van der Waals surface area contributed by atoms with E-state index in [1.165, 1.54) is 36.2 Å². The second-order valence-corrected chi connectivity index (χ2v) is 16.1. The highest BCUT2D eigenvalue weighted by molar-refractivity contribution is 7.78. The summed E-state index contributed by atoms with van der Waals surface area (Å²) in [6, 6.07) is 23.6. The van der Waals surface area contributed by atoms with Crippen LogP contribution in [0.3, 0.4) is 0 Å². The van der Waals surface area contributed by atoms with Crippen molar-refractivity contribution in [2.24, 2.45) is 4.99 Å². The van der Waals surface area contributed by atoms with E-state index in [2.05, 4.69) is 10.2 Å². The summed E-state index contributed by atoms with van der Waals surface area (Å²) in [4.78, 5) is 88.2. The monoisotopic (exact) mass is 1010 g/mol. The summed E-state index contributed by atoms with van der Waals surface area (Å²) in [6.07, 6.45) is 0.466. The molecule has 3 aromatic carbocycles. The number of aliphatic imine (C=N–C) groups is 1. The van der Waals surface area contributed by atoms with Gasteiger partial charge in [-0.3, -0.25) is 43.8 Å². The van der Waals surface area contributed by atoms with Gasteiger partial charge in [-0.1, -0.05) is 12.1 Å². The third-order valence-corrected chi connectivity index (χ3v) is 10.5. The molecule has 0 amide bonds. The van der Waals surface area contributed by atoms with E-state index in [1.54, 1.807) is 60.7 Å². The highest BCUT2D eigenvalue weighted by Gasteiger charge is 2.22. The number of aromatic nitrogens is 2. The van der Waals surface area contributed by atoms with Gasteiger partial charge >= 0.3 is 35.8 Å². The molecule has 5 rings (SSSR count). The molecule has 22 nitrogen and oxygen atoms in total. The Balaban J connectivity index is 1.66. The number of nitrogens with zero attached hydrogens (tertiary/aromatic N) is 6. The number of pyridine rings is 2. The largest absolute Gasteiger partial charge is 0.496 e. The first kappa shape index (κ1) is 54.6. The number of aliphatic carboxylic acids is 6. The van der Waals surface area contributed by atoms with Crippen LogP contribution in [0, 0.1) is 0 Å². The summed E-state index contributed by atoms with van der Waals surface area (Å²) >= 11 is 4.76. The maximum atomic E-state index is 11.9. The number of hydrogen-bond donors (Lipinski definition) is 6. The number of methoxy groups -OCH3 is 2. The van der Waals surface area contributed by atoms with Gasteiger partial charge in [0.15, 0.2) is 13.2 Å². The molecule has 5 aromatic rings. The number of ether oxygens (including phenoxy) is 4. The van der Waals surface area contributed by atoms with Crippen LogP contribution in [-0.2, 0) is 61.4 Å². The molecule has 2 aromatic heterocycles. The molecule has 0 aliphatic rings. The van der Waals surface area contributed by atoms with Crippen molar-refractivity contribution in [3.05, 3.63) is 113 Å². The van der Waals surface area contributed by atoms with E-state index in [4.69, 9.17) is 41.1 Å². The van der Waals surface area contributed by atoms with Crippen molar-refractivity contribution in [1.82, 2.24) is 24.7 Å². The number of thiocarbonyl (C=S) groups is 1. The Labute approximate surface area is 416 Å². The van der Waals surface area contributed by atoms with Crippen LogP contribution < -0.4 is 18.9 Å². The van der Waals surface area contributed by atoms with Gasteiger partial charge in [0.05, 0.1) is 74.0 Å². The molecular formula is C49H50N6O16S. The topological polar surface area (TPSA) is 309 Å². The quantitative estimate of drug-likeness (QED) is 0.0269. The van der Waals surface area contributed by atoms with Crippen molar-refractivity contribution in [2.45, 2.75) is 32.6 Å². The molecule has 6 N–H and O–H groups in total. The van der Waals surface area contributed by atoms with Crippen molar-refractivity contribution in [3.8, 4) is 45.3 Å². The second kappa shape index (κ2) is 26.6. The predicted molar refractivity (Wildman–Crippen MR) is 259 cm³/mol. The number of carboxylic acids is 6. The van der Waals surface area contributed by atoms with Gasteiger partial charge in [0.1, 0.15) is 23.0 Å². The van der Waals surface area contributed by atoms with Crippen LogP contribution in [0.15, 0.2) is 89.9 Å². The lowest BCUT2D eigenvalue weighted by Crippen LogP contribution is -2.34. The summed E-state index contributed by atoms with van der Waals surface area (Å²) < 4.78 is 22.2. The molecule has 2 heterocycles. The van der Waals surface area contributed by atoms with E-state index in [0.29, 0.717) is 63.7 Å². The number of benzene rings is 3. The molecule has 378 valence electrons. The SMILES string of the molecule is COc1cc(OCC(=O)O)ccc1-c1cc(CN(CC(=O)O)CC(=O)O)nc(CN(CCc2ccc(N=C=S)cc2)Cc2cc(-c3ccc(OCC(=O)O)cc3OC)cc(CN(CC(=O)O)CC(=O)O)n2)c1. The minimum atomic E-state index is -1.26. The smallest absolute Gasteiger partial charge is 0.341 e. The number of isothiocyanates is 1.